The molecule has 0 spiro atoms. The highest BCUT2D eigenvalue weighted by Crippen LogP contribution is 2.59. The van der Waals surface area contributed by atoms with Crippen molar-refractivity contribution in [3.63, 3.8) is 0 Å². The van der Waals surface area contributed by atoms with Gasteiger partial charge in [-0.2, -0.15) is 0 Å². The largest absolute Gasteiger partial charge is 0.326 e. The average molecular weight is 365 g/mol. The second kappa shape index (κ2) is 6.57. The van der Waals surface area contributed by atoms with Gasteiger partial charge in [0.2, 0.25) is 15.9 Å². The van der Waals surface area contributed by atoms with Crippen LogP contribution in [0.1, 0.15) is 33.3 Å². The van der Waals surface area contributed by atoms with E-state index in [0.29, 0.717) is 5.69 Å². The summed E-state index contributed by atoms with van der Waals surface area (Å²) in [6, 6.07) is 4.82. The van der Waals surface area contributed by atoms with Crippen LogP contribution in [0.2, 0.25) is 0 Å². The highest BCUT2D eigenvalue weighted by Gasteiger charge is 2.60. The van der Waals surface area contributed by atoms with Crippen LogP contribution in [-0.2, 0) is 14.8 Å². The number of nitrogens with zero attached hydrogens (tertiary/aromatic N) is 1. The Morgan fingerprint density at radius 2 is 1.84 bits per heavy atom. The molecule has 1 N–H and O–H groups in total. The summed E-state index contributed by atoms with van der Waals surface area (Å²) < 4.78 is 25.8. The minimum absolute atomic E-state index is 0.0602. The number of benzene rings is 1. The van der Waals surface area contributed by atoms with Crippen LogP contribution in [0.15, 0.2) is 34.7 Å². The van der Waals surface area contributed by atoms with Crippen LogP contribution in [0.4, 0.5) is 5.69 Å². The molecule has 1 amide bonds. The zero-order chi connectivity index (χ0) is 19.2. The number of hydrogen-bond donors (Lipinski definition) is 1. The number of rotatable bonds is 5. The van der Waals surface area contributed by atoms with E-state index in [1.54, 1.807) is 12.1 Å². The van der Waals surface area contributed by atoms with Gasteiger partial charge in [-0.1, -0.05) is 31.6 Å². The van der Waals surface area contributed by atoms with E-state index >= 15 is 0 Å². The van der Waals surface area contributed by atoms with Crippen molar-refractivity contribution in [2.45, 2.75) is 39.5 Å². The summed E-state index contributed by atoms with van der Waals surface area (Å²) in [5.74, 6) is 0.0532. The Morgan fingerprint density at radius 1 is 1.24 bits per heavy atom. The van der Waals surface area contributed by atoms with Crippen LogP contribution in [0.5, 0.6) is 0 Å². The van der Waals surface area contributed by atoms with Crippen LogP contribution in [0.3, 0.4) is 0 Å². The van der Waals surface area contributed by atoms with E-state index in [1.807, 2.05) is 20.8 Å². The van der Waals surface area contributed by atoms with Crippen LogP contribution in [0.25, 0.3) is 0 Å². The lowest BCUT2D eigenvalue weighted by Gasteiger charge is -2.14. The highest BCUT2D eigenvalue weighted by atomic mass is 32.2. The topological polar surface area (TPSA) is 66.5 Å². The van der Waals surface area contributed by atoms with Gasteiger partial charge in [0.25, 0.3) is 0 Å². The summed E-state index contributed by atoms with van der Waals surface area (Å²) in [6.45, 7) is 10.1. The fourth-order valence-electron chi connectivity index (χ4n) is 3.17. The fourth-order valence-corrected chi connectivity index (χ4v) is 4.09. The van der Waals surface area contributed by atoms with E-state index < -0.39 is 10.0 Å². The molecule has 1 aliphatic carbocycles. The van der Waals surface area contributed by atoms with Crippen molar-refractivity contribution in [1.29, 1.82) is 0 Å². The molecule has 0 aromatic heterocycles. The quantitative estimate of drug-likeness (QED) is 0.814. The number of allylic oxidation sites excluding steroid dienone is 2. The molecule has 0 aliphatic heterocycles. The Hall–Kier alpha value is -1.66. The molecule has 0 heterocycles. The second-order valence-corrected chi connectivity index (χ2v) is 9.97. The number of carbonyl (C=O) groups excluding carboxylic acids is 1. The van der Waals surface area contributed by atoms with E-state index in [0.717, 1.165) is 9.87 Å². The fraction of sp³-hybridized carbons (Fsp3) is 0.526. The van der Waals surface area contributed by atoms with Gasteiger partial charge in [-0.05, 0) is 49.8 Å². The van der Waals surface area contributed by atoms with Crippen LogP contribution < -0.4 is 5.32 Å². The molecule has 1 aromatic rings. The molecule has 1 aliphatic rings. The summed E-state index contributed by atoms with van der Waals surface area (Å²) in [7, 11) is -0.553. The summed E-state index contributed by atoms with van der Waals surface area (Å²) in [6.07, 6.45) is 2.14. The van der Waals surface area contributed by atoms with E-state index in [2.05, 4.69) is 25.2 Å². The minimum Gasteiger partial charge on any atom is -0.326 e. The van der Waals surface area contributed by atoms with Gasteiger partial charge in [-0.25, -0.2) is 12.7 Å². The first-order valence-electron chi connectivity index (χ1n) is 8.38. The molecule has 1 saturated carbocycles. The maximum Gasteiger partial charge on any atom is 0.242 e. The van der Waals surface area contributed by atoms with E-state index in [1.165, 1.54) is 25.7 Å². The smallest absolute Gasteiger partial charge is 0.242 e. The third kappa shape index (κ3) is 3.80. The number of carbonyl (C=O) groups is 1. The average Bonchev–Trinajstić information content (AvgIpc) is 3.00. The molecule has 5 nitrogen and oxygen atoms in total. The molecule has 2 atom stereocenters. The van der Waals surface area contributed by atoms with Gasteiger partial charge < -0.3 is 5.32 Å². The highest BCUT2D eigenvalue weighted by molar-refractivity contribution is 7.89. The molecule has 2 rings (SSSR count). The van der Waals surface area contributed by atoms with Gasteiger partial charge in [0, 0.05) is 19.8 Å². The Kier molecular flexibility index (Phi) is 5.17. The lowest BCUT2D eigenvalue weighted by Crippen LogP contribution is -2.23. The molecule has 1 fully saturated rings. The van der Waals surface area contributed by atoms with Crippen LogP contribution in [0, 0.1) is 24.2 Å². The van der Waals surface area contributed by atoms with Gasteiger partial charge >= 0.3 is 0 Å². The molecule has 0 unspecified atom stereocenters. The standard InChI is InChI=1S/C19H28N2O3S/c1-12(2)10-15-17(19(15,4)5)18(22)20-16-11-14(9-8-13(16)3)25(23,24)21(6)7/h8-11,15,17H,1-7H3,(H,20,22)/t15-,17-/m0/s1. The Bertz CT molecular complexity index is 819. The summed E-state index contributed by atoms with van der Waals surface area (Å²) in [5, 5.41) is 2.93. The molecule has 138 valence electrons. The lowest BCUT2D eigenvalue weighted by molar-refractivity contribution is -0.118. The SMILES string of the molecule is CC(C)=C[C@H]1[C@@H](C(=O)Nc2cc(S(=O)(=O)N(C)C)ccc2C)C1(C)C. The van der Waals surface area contributed by atoms with Crippen molar-refractivity contribution >= 4 is 21.6 Å². The number of amides is 1. The maximum absolute atomic E-state index is 12.7. The molecule has 0 radical (unpaired) electrons. The first-order chi connectivity index (χ1) is 11.4. The zero-order valence-electron chi connectivity index (χ0n) is 16.0. The van der Waals surface area contributed by atoms with Crippen molar-refractivity contribution in [3.8, 4) is 0 Å². The van der Waals surface area contributed by atoms with Crippen molar-refractivity contribution in [1.82, 2.24) is 4.31 Å². The zero-order valence-corrected chi connectivity index (χ0v) is 16.9. The van der Waals surface area contributed by atoms with Gasteiger partial charge in [-0.3, -0.25) is 4.79 Å². The number of aryl methyl sites for hydroxylation is 1. The number of sulfonamides is 1. The van der Waals surface area contributed by atoms with Gasteiger partial charge in [-0.15, -0.1) is 0 Å². The Labute approximate surface area is 151 Å². The predicted molar refractivity (Wildman–Crippen MR) is 101 cm³/mol. The number of nitrogens with one attached hydrogen (secondary N) is 1. The van der Waals surface area contributed by atoms with E-state index in [-0.39, 0.29) is 28.1 Å². The Balaban J connectivity index is 2.27. The van der Waals surface area contributed by atoms with Crippen molar-refractivity contribution < 1.29 is 13.2 Å². The Morgan fingerprint density at radius 3 is 2.36 bits per heavy atom. The lowest BCUT2D eigenvalue weighted by atomic mass is 10.1. The van der Waals surface area contributed by atoms with E-state index in [9.17, 15) is 13.2 Å². The second-order valence-electron chi connectivity index (χ2n) is 7.82. The minimum atomic E-state index is -3.53. The van der Waals surface area contributed by atoms with Gasteiger partial charge in [0.1, 0.15) is 0 Å². The molecule has 25 heavy (non-hydrogen) atoms. The normalized spacial score (nSPS) is 21.8. The maximum atomic E-state index is 12.7. The van der Waals surface area contributed by atoms with Crippen LogP contribution >= 0.6 is 0 Å². The number of anilines is 1. The first kappa shape index (κ1) is 19.7. The van der Waals surface area contributed by atoms with Gasteiger partial charge in [0.05, 0.1) is 10.8 Å². The predicted octanol–water partition coefficient (Wildman–Crippen LogP) is 3.42. The summed E-state index contributed by atoms with van der Waals surface area (Å²) >= 11 is 0. The van der Waals surface area contributed by atoms with Crippen LogP contribution in [-0.4, -0.2) is 32.7 Å². The summed E-state index contributed by atoms with van der Waals surface area (Å²) in [5.41, 5.74) is 2.50. The molecule has 0 saturated heterocycles. The first-order valence-corrected chi connectivity index (χ1v) is 9.82. The molecular formula is C19H28N2O3S. The molecule has 0 bridgehead atoms. The monoisotopic (exact) mass is 364 g/mol. The molecular weight excluding hydrogens is 336 g/mol. The third-order valence-electron chi connectivity index (χ3n) is 4.95. The van der Waals surface area contributed by atoms with Crippen molar-refractivity contribution in [2.75, 3.05) is 19.4 Å². The number of hydrogen-bond acceptors (Lipinski definition) is 3. The van der Waals surface area contributed by atoms with E-state index in [4.69, 9.17) is 0 Å². The third-order valence-corrected chi connectivity index (χ3v) is 6.76. The molecule has 6 heteroatoms. The van der Waals surface area contributed by atoms with Crippen molar-refractivity contribution in [3.05, 3.63) is 35.4 Å². The summed E-state index contributed by atoms with van der Waals surface area (Å²) in [4.78, 5) is 12.9. The molecule has 1 aromatic carbocycles. The van der Waals surface area contributed by atoms with Gasteiger partial charge in [0.15, 0.2) is 0 Å². The van der Waals surface area contributed by atoms with Crippen molar-refractivity contribution in [2.24, 2.45) is 17.3 Å².